The van der Waals surface area contributed by atoms with Crippen molar-refractivity contribution in [3.8, 4) is 0 Å². The molecule has 6 heteroatoms. The van der Waals surface area contributed by atoms with Crippen molar-refractivity contribution in [2.24, 2.45) is 5.92 Å². The van der Waals surface area contributed by atoms with Gasteiger partial charge in [0.25, 0.3) is 5.91 Å². The van der Waals surface area contributed by atoms with E-state index in [-0.39, 0.29) is 5.91 Å². The lowest BCUT2D eigenvalue weighted by molar-refractivity contribution is -0.141. The highest BCUT2D eigenvalue weighted by molar-refractivity contribution is 7.13. The summed E-state index contributed by atoms with van der Waals surface area (Å²) in [5.41, 5.74) is 0.848. The summed E-state index contributed by atoms with van der Waals surface area (Å²) in [6.07, 6.45) is 0. The van der Waals surface area contributed by atoms with Crippen LogP contribution in [-0.2, 0) is 4.79 Å². The highest BCUT2D eigenvalue weighted by atomic mass is 35.5. The van der Waals surface area contributed by atoms with E-state index in [1.165, 1.54) is 11.3 Å². The largest absolute Gasteiger partial charge is 0.481 e. The Hall–Kier alpha value is -1.07. The van der Waals surface area contributed by atoms with Gasteiger partial charge in [0.05, 0.1) is 10.9 Å². The maximum Gasteiger partial charge on any atom is 0.308 e. The van der Waals surface area contributed by atoms with E-state index >= 15 is 0 Å². The predicted octanol–water partition coefficient (Wildman–Crippen LogP) is 2.55. The molecule has 0 saturated carbocycles. The van der Waals surface area contributed by atoms with Crippen molar-refractivity contribution in [2.45, 2.75) is 26.8 Å². The molecule has 0 aromatic carbocycles. The molecule has 0 aliphatic carbocycles. The molecule has 1 aromatic heterocycles. The molecule has 1 amide bonds. The Balaban J connectivity index is 2.73. The molecule has 4 nitrogen and oxygen atoms in total. The van der Waals surface area contributed by atoms with Crippen molar-refractivity contribution in [3.63, 3.8) is 0 Å². The van der Waals surface area contributed by atoms with Crippen LogP contribution in [0.25, 0.3) is 0 Å². The van der Waals surface area contributed by atoms with Crippen molar-refractivity contribution < 1.29 is 14.7 Å². The second kappa shape index (κ2) is 5.51. The molecule has 0 spiro atoms. The smallest absolute Gasteiger partial charge is 0.308 e. The highest BCUT2D eigenvalue weighted by Crippen LogP contribution is 2.27. The minimum atomic E-state index is -0.939. The molecule has 0 fully saturated rings. The van der Waals surface area contributed by atoms with E-state index < -0.39 is 17.9 Å². The van der Waals surface area contributed by atoms with Crippen LogP contribution in [0.4, 0.5) is 0 Å². The van der Waals surface area contributed by atoms with Crippen molar-refractivity contribution in [1.82, 2.24) is 5.32 Å². The zero-order chi connectivity index (χ0) is 13.2. The average Bonchev–Trinajstić information content (AvgIpc) is 2.58. The maximum absolute atomic E-state index is 11.8. The molecule has 94 valence electrons. The zero-order valence-corrected chi connectivity index (χ0v) is 11.4. The molecule has 2 N–H and O–H groups in total. The summed E-state index contributed by atoms with van der Waals surface area (Å²) >= 11 is 7.22. The zero-order valence-electron chi connectivity index (χ0n) is 9.78. The van der Waals surface area contributed by atoms with Crippen molar-refractivity contribution in [3.05, 3.63) is 20.8 Å². The van der Waals surface area contributed by atoms with E-state index in [0.29, 0.717) is 9.90 Å². The van der Waals surface area contributed by atoms with Gasteiger partial charge in [-0.25, -0.2) is 0 Å². The molecule has 2 unspecified atom stereocenters. The number of hydrogen-bond donors (Lipinski definition) is 2. The van der Waals surface area contributed by atoms with Gasteiger partial charge in [-0.05, 0) is 31.7 Å². The number of nitrogens with one attached hydrogen (secondary N) is 1. The minimum absolute atomic E-state index is 0.325. The number of thiophene rings is 1. The number of rotatable bonds is 4. The van der Waals surface area contributed by atoms with E-state index in [4.69, 9.17) is 16.7 Å². The Labute approximate surface area is 109 Å². The molecule has 1 aromatic rings. The van der Waals surface area contributed by atoms with Gasteiger partial charge >= 0.3 is 5.97 Å². The van der Waals surface area contributed by atoms with Gasteiger partial charge in [0, 0.05) is 6.04 Å². The Kier molecular flexibility index (Phi) is 4.54. The van der Waals surface area contributed by atoms with Gasteiger partial charge in [0.2, 0.25) is 0 Å². The van der Waals surface area contributed by atoms with E-state index in [2.05, 4.69) is 5.32 Å². The standard InChI is InChI=1S/C11H14ClNO3S/c1-5-4-17-9(8(5)12)10(14)13-7(3)6(2)11(15)16/h4,6-7H,1-3H3,(H,13,14)(H,15,16). The van der Waals surface area contributed by atoms with Crippen LogP contribution in [0, 0.1) is 12.8 Å². The fourth-order valence-corrected chi connectivity index (χ4v) is 2.38. The molecule has 0 aliphatic heterocycles. The normalized spacial score (nSPS) is 14.1. The second-order valence-corrected chi connectivity index (χ2v) is 5.21. The first-order valence-corrected chi connectivity index (χ1v) is 6.37. The first kappa shape index (κ1) is 14.0. The SMILES string of the molecule is Cc1csc(C(=O)NC(C)C(C)C(=O)O)c1Cl. The summed E-state index contributed by atoms with van der Waals surface area (Å²) in [4.78, 5) is 23.0. The van der Waals surface area contributed by atoms with Crippen molar-refractivity contribution in [1.29, 1.82) is 0 Å². The van der Waals surface area contributed by atoms with E-state index in [1.807, 2.05) is 6.92 Å². The summed E-state index contributed by atoms with van der Waals surface area (Å²) in [5, 5.41) is 13.7. The van der Waals surface area contributed by atoms with Gasteiger partial charge in [-0.1, -0.05) is 11.6 Å². The molecule has 17 heavy (non-hydrogen) atoms. The van der Waals surface area contributed by atoms with Crippen LogP contribution in [-0.4, -0.2) is 23.0 Å². The van der Waals surface area contributed by atoms with Gasteiger partial charge in [-0.15, -0.1) is 11.3 Å². The van der Waals surface area contributed by atoms with Crippen LogP contribution in [0.3, 0.4) is 0 Å². The summed E-state index contributed by atoms with van der Waals surface area (Å²) < 4.78 is 0. The summed E-state index contributed by atoms with van der Waals surface area (Å²) in [7, 11) is 0. The van der Waals surface area contributed by atoms with Crippen LogP contribution >= 0.6 is 22.9 Å². The van der Waals surface area contributed by atoms with Crippen molar-refractivity contribution >= 4 is 34.8 Å². The monoisotopic (exact) mass is 275 g/mol. The average molecular weight is 276 g/mol. The van der Waals surface area contributed by atoms with Gasteiger partial charge in [-0.3, -0.25) is 9.59 Å². The molecule has 0 saturated heterocycles. The summed E-state index contributed by atoms with van der Waals surface area (Å²) in [5.74, 6) is -1.90. The first-order chi connectivity index (χ1) is 7.84. The van der Waals surface area contributed by atoms with E-state index in [0.717, 1.165) is 5.56 Å². The predicted molar refractivity (Wildman–Crippen MR) is 67.8 cm³/mol. The fourth-order valence-electron chi connectivity index (χ4n) is 1.19. The van der Waals surface area contributed by atoms with Crippen LogP contribution < -0.4 is 5.32 Å². The van der Waals surface area contributed by atoms with E-state index in [9.17, 15) is 9.59 Å². The molecule has 0 aliphatic rings. The molecular weight excluding hydrogens is 262 g/mol. The minimum Gasteiger partial charge on any atom is -0.481 e. The lowest BCUT2D eigenvalue weighted by Crippen LogP contribution is -2.39. The van der Waals surface area contributed by atoms with Gasteiger partial charge in [-0.2, -0.15) is 0 Å². The highest BCUT2D eigenvalue weighted by Gasteiger charge is 2.23. The van der Waals surface area contributed by atoms with Crippen LogP contribution in [0.1, 0.15) is 29.1 Å². The first-order valence-electron chi connectivity index (χ1n) is 5.11. The number of aliphatic carboxylic acids is 1. The molecule has 0 radical (unpaired) electrons. The molecule has 0 bridgehead atoms. The third-order valence-electron chi connectivity index (χ3n) is 2.60. The fraction of sp³-hybridized carbons (Fsp3) is 0.455. The molecule has 1 heterocycles. The van der Waals surface area contributed by atoms with Gasteiger partial charge < -0.3 is 10.4 Å². The number of hydrogen-bond acceptors (Lipinski definition) is 3. The third-order valence-corrected chi connectivity index (χ3v) is 4.30. The maximum atomic E-state index is 11.8. The summed E-state index contributed by atoms with van der Waals surface area (Å²) in [6, 6.07) is -0.446. The third kappa shape index (κ3) is 3.20. The number of aryl methyl sites for hydroxylation is 1. The van der Waals surface area contributed by atoms with Gasteiger partial charge in [0.1, 0.15) is 4.88 Å². The number of carboxylic acids is 1. The lowest BCUT2D eigenvalue weighted by Gasteiger charge is -2.17. The second-order valence-electron chi connectivity index (χ2n) is 3.95. The molecule has 1 rings (SSSR count). The lowest BCUT2D eigenvalue weighted by atomic mass is 10.0. The molecule has 2 atom stereocenters. The quantitative estimate of drug-likeness (QED) is 0.887. The topological polar surface area (TPSA) is 66.4 Å². The Morgan fingerprint density at radius 1 is 1.47 bits per heavy atom. The van der Waals surface area contributed by atoms with Crippen molar-refractivity contribution in [2.75, 3.05) is 0 Å². The Morgan fingerprint density at radius 3 is 2.47 bits per heavy atom. The number of carbonyl (C=O) groups excluding carboxylic acids is 1. The Bertz CT molecular complexity index is 444. The van der Waals surface area contributed by atoms with Gasteiger partial charge in [0.15, 0.2) is 0 Å². The van der Waals surface area contributed by atoms with Crippen LogP contribution in [0.5, 0.6) is 0 Å². The van der Waals surface area contributed by atoms with Crippen LogP contribution in [0.15, 0.2) is 5.38 Å². The Morgan fingerprint density at radius 2 is 2.06 bits per heavy atom. The number of carbonyl (C=O) groups is 2. The number of carboxylic acid groups (broad SMARTS) is 1. The number of amides is 1. The van der Waals surface area contributed by atoms with E-state index in [1.54, 1.807) is 19.2 Å². The molecular formula is C11H14ClNO3S. The summed E-state index contributed by atoms with van der Waals surface area (Å²) in [6.45, 7) is 5.03. The van der Waals surface area contributed by atoms with Crippen LogP contribution in [0.2, 0.25) is 5.02 Å². The number of halogens is 1.